The Kier molecular flexibility index (Phi) is 3.23. The first-order chi connectivity index (χ1) is 10.2. The molecule has 0 aliphatic heterocycles. The monoisotopic (exact) mass is 278 g/mol. The summed E-state index contributed by atoms with van der Waals surface area (Å²) in [6, 6.07) is 10.8. The molecule has 104 valence electrons. The summed E-state index contributed by atoms with van der Waals surface area (Å²) in [5.41, 5.74) is 9.73. The summed E-state index contributed by atoms with van der Waals surface area (Å²) in [7, 11) is 0. The predicted octanol–water partition coefficient (Wildman–Crippen LogP) is 2.77. The van der Waals surface area contributed by atoms with Crippen molar-refractivity contribution in [2.45, 2.75) is 6.92 Å². The summed E-state index contributed by atoms with van der Waals surface area (Å²) >= 11 is 0. The van der Waals surface area contributed by atoms with Gasteiger partial charge in [0, 0.05) is 12.4 Å². The molecule has 0 bridgehead atoms. The quantitative estimate of drug-likeness (QED) is 0.706. The Hall–Kier alpha value is -2.95. The lowest BCUT2D eigenvalue weighted by atomic mass is 10.1. The van der Waals surface area contributed by atoms with E-state index in [2.05, 4.69) is 15.3 Å². The molecule has 0 aliphatic rings. The number of para-hydroxylation sites is 2. The summed E-state index contributed by atoms with van der Waals surface area (Å²) in [4.78, 5) is 20.9. The Morgan fingerprint density at radius 1 is 1.10 bits per heavy atom. The third kappa shape index (κ3) is 2.41. The maximum absolute atomic E-state index is 12.5. The number of benzene rings is 2. The van der Waals surface area contributed by atoms with Gasteiger partial charge >= 0.3 is 0 Å². The smallest absolute Gasteiger partial charge is 0.258 e. The van der Waals surface area contributed by atoms with Crippen LogP contribution >= 0.6 is 0 Å². The van der Waals surface area contributed by atoms with Crippen molar-refractivity contribution in [2.75, 3.05) is 11.1 Å². The molecule has 0 fully saturated rings. The maximum atomic E-state index is 12.5. The highest BCUT2D eigenvalue weighted by Gasteiger charge is 2.13. The standard InChI is InChI=1S/C16H14N4O/c1-10-4-2-6-12(17)14(10)20-16(21)11-5-3-7-13-15(11)19-9-8-18-13/h2-9H,17H2,1H3,(H,20,21). The van der Waals surface area contributed by atoms with Gasteiger partial charge in [0.05, 0.1) is 22.5 Å². The van der Waals surface area contributed by atoms with Crippen molar-refractivity contribution in [3.8, 4) is 0 Å². The molecule has 1 amide bonds. The van der Waals surface area contributed by atoms with Crippen LogP contribution in [0.1, 0.15) is 15.9 Å². The molecule has 21 heavy (non-hydrogen) atoms. The van der Waals surface area contributed by atoms with Crippen LogP contribution in [-0.4, -0.2) is 15.9 Å². The van der Waals surface area contributed by atoms with Crippen LogP contribution in [0.3, 0.4) is 0 Å². The lowest BCUT2D eigenvalue weighted by molar-refractivity contribution is 0.102. The largest absolute Gasteiger partial charge is 0.397 e. The minimum absolute atomic E-state index is 0.248. The van der Waals surface area contributed by atoms with E-state index in [9.17, 15) is 4.79 Å². The summed E-state index contributed by atoms with van der Waals surface area (Å²) in [6.45, 7) is 1.90. The van der Waals surface area contributed by atoms with Crippen molar-refractivity contribution in [1.82, 2.24) is 9.97 Å². The van der Waals surface area contributed by atoms with E-state index in [-0.39, 0.29) is 5.91 Å². The number of amides is 1. The normalized spacial score (nSPS) is 10.5. The minimum Gasteiger partial charge on any atom is -0.397 e. The highest BCUT2D eigenvalue weighted by Crippen LogP contribution is 2.24. The van der Waals surface area contributed by atoms with E-state index < -0.39 is 0 Å². The fourth-order valence-electron chi connectivity index (χ4n) is 2.22. The molecule has 0 unspecified atom stereocenters. The first-order valence-electron chi connectivity index (χ1n) is 6.53. The van der Waals surface area contributed by atoms with E-state index in [0.29, 0.717) is 28.0 Å². The second-order valence-electron chi connectivity index (χ2n) is 4.72. The fourth-order valence-corrected chi connectivity index (χ4v) is 2.22. The molecule has 2 aromatic carbocycles. The van der Waals surface area contributed by atoms with Crippen molar-refractivity contribution < 1.29 is 4.79 Å². The van der Waals surface area contributed by atoms with E-state index in [1.54, 1.807) is 30.6 Å². The van der Waals surface area contributed by atoms with Crippen LogP contribution in [0.15, 0.2) is 48.8 Å². The lowest BCUT2D eigenvalue weighted by Gasteiger charge is -2.11. The number of aryl methyl sites for hydroxylation is 1. The summed E-state index contributed by atoms with van der Waals surface area (Å²) in [6.07, 6.45) is 3.17. The van der Waals surface area contributed by atoms with E-state index in [4.69, 9.17) is 5.73 Å². The SMILES string of the molecule is Cc1cccc(N)c1NC(=O)c1cccc2nccnc12. The van der Waals surface area contributed by atoms with Gasteiger partial charge < -0.3 is 11.1 Å². The Bertz CT molecular complexity index is 804. The molecule has 5 nitrogen and oxygen atoms in total. The van der Waals surface area contributed by atoms with Crippen LogP contribution in [0, 0.1) is 6.92 Å². The number of carbonyl (C=O) groups excluding carboxylic acids is 1. The molecule has 0 radical (unpaired) electrons. The minimum atomic E-state index is -0.248. The molecule has 0 aliphatic carbocycles. The van der Waals surface area contributed by atoms with Crippen molar-refractivity contribution >= 4 is 28.3 Å². The molecule has 3 N–H and O–H groups in total. The molecule has 0 saturated carbocycles. The lowest BCUT2D eigenvalue weighted by Crippen LogP contribution is -2.15. The summed E-state index contributed by atoms with van der Waals surface area (Å²) < 4.78 is 0. The number of hydrogen-bond donors (Lipinski definition) is 2. The average Bonchev–Trinajstić information content (AvgIpc) is 2.50. The number of nitrogens with two attached hydrogens (primary N) is 1. The Morgan fingerprint density at radius 2 is 1.86 bits per heavy atom. The zero-order valence-corrected chi connectivity index (χ0v) is 11.5. The van der Waals surface area contributed by atoms with Gasteiger partial charge in [-0.2, -0.15) is 0 Å². The zero-order valence-electron chi connectivity index (χ0n) is 11.5. The maximum Gasteiger partial charge on any atom is 0.258 e. The van der Waals surface area contributed by atoms with Crippen LogP contribution in [0.5, 0.6) is 0 Å². The van der Waals surface area contributed by atoms with Gasteiger partial charge in [-0.1, -0.05) is 18.2 Å². The van der Waals surface area contributed by atoms with Gasteiger partial charge in [-0.15, -0.1) is 0 Å². The first kappa shape index (κ1) is 13.1. The Morgan fingerprint density at radius 3 is 2.67 bits per heavy atom. The highest BCUT2D eigenvalue weighted by molar-refractivity contribution is 6.12. The fraction of sp³-hybridized carbons (Fsp3) is 0.0625. The Balaban J connectivity index is 2.02. The summed E-state index contributed by atoms with van der Waals surface area (Å²) in [5.74, 6) is -0.248. The van der Waals surface area contributed by atoms with E-state index in [1.165, 1.54) is 0 Å². The van der Waals surface area contributed by atoms with Gasteiger partial charge in [0.15, 0.2) is 0 Å². The van der Waals surface area contributed by atoms with Gasteiger partial charge in [-0.05, 0) is 30.7 Å². The second kappa shape index (κ2) is 5.20. The molecular weight excluding hydrogens is 264 g/mol. The van der Waals surface area contributed by atoms with Gasteiger partial charge in [-0.25, -0.2) is 0 Å². The van der Waals surface area contributed by atoms with Gasteiger partial charge in [0.2, 0.25) is 0 Å². The number of nitrogen functional groups attached to an aromatic ring is 1. The average molecular weight is 278 g/mol. The number of anilines is 2. The third-order valence-corrected chi connectivity index (χ3v) is 3.29. The predicted molar refractivity (Wildman–Crippen MR) is 83.1 cm³/mol. The van der Waals surface area contributed by atoms with Crippen LogP contribution in [-0.2, 0) is 0 Å². The number of hydrogen-bond acceptors (Lipinski definition) is 4. The number of nitrogens with zero attached hydrogens (tertiary/aromatic N) is 2. The van der Waals surface area contributed by atoms with E-state index in [0.717, 1.165) is 5.56 Å². The third-order valence-electron chi connectivity index (χ3n) is 3.29. The molecule has 0 atom stereocenters. The van der Waals surface area contributed by atoms with Crippen LogP contribution in [0.25, 0.3) is 11.0 Å². The van der Waals surface area contributed by atoms with E-state index in [1.807, 2.05) is 25.1 Å². The van der Waals surface area contributed by atoms with Crippen molar-refractivity contribution in [3.05, 3.63) is 59.9 Å². The molecule has 3 aromatic rings. The number of rotatable bonds is 2. The molecule has 0 saturated heterocycles. The number of nitrogens with one attached hydrogen (secondary N) is 1. The second-order valence-corrected chi connectivity index (χ2v) is 4.72. The molecule has 3 rings (SSSR count). The van der Waals surface area contributed by atoms with E-state index >= 15 is 0 Å². The number of carbonyl (C=O) groups is 1. The highest BCUT2D eigenvalue weighted by atomic mass is 16.1. The molecule has 0 spiro atoms. The van der Waals surface area contributed by atoms with Gasteiger partial charge in [0.1, 0.15) is 5.52 Å². The molecule has 1 aromatic heterocycles. The Labute approximate surface area is 121 Å². The molecule has 1 heterocycles. The topological polar surface area (TPSA) is 80.9 Å². The van der Waals surface area contributed by atoms with Crippen molar-refractivity contribution in [2.24, 2.45) is 0 Å². The van der Waals surface area contributed by atoms with Crippen LogP contribution in [0.2, 0.25) is 0 Å². The summed E-state index contributed by atoms with van der Waals surface area (Å²) in [5, 5.41) is 2.86. The van der Waals surface area contributed by atoms with Crippen molar-refractivity contribution in [1.29, 1.82) is 0 Å². The van der Waals surface area contributed by atoms with Crippen molar-refractivity contribution in [3.63, 3.8) is 0 Å². The molecule has 5 heteroatoms. The van der Waals surface area contributed by atoms with Crippen LogP contribution < -0.4 is 11.1 Å². The first-order valence-corrected chi connectivity index (χ1v) is 6.53. The number of fused-ring (bicyclic) bond motifs is 1. The number of aromatic nitrogens is 2. The van der Waals surface area contributed by atoms with Gasteiger partial charge in [0.25, 0.3) is 5.91 Å². The zero-order chi connectivity index (χ0) is 14.8. The molecular formula is C16H14N4O. The van der Waals surface area contributed by atoms with Crippen LogP contribution in [0.4, 0.5) is 11.4 Å². The van der Waals surface area contributed by atoms with Gasteiger partial charge in [-0.3, -0.25) is 14.8 Å².